The summed E-state index contributed by atoms with van der Waals surface area (Å²) >= 11 is 0. The number of piperidine rings is 1. The zero-order chi connectivity index (χ0) is 15.5. The lowest BCUT2D eigenvalue weighted by molar-refractivity contribution is -0.124. The van der Waals surface area contributed by atoms with Crippen molar-refractivity contribution in [3.63, 3.8) is 0 Å². The molecule has 6 heteroatoms. The first kappa shape index (κ1) is 14.6. The van der Waals surface area contributed by atoms with Gasteiger partial charge in [-0.3, -0.25) is 14.4 Å². The summed E-state index contributed by atoms with van der Waals surface area (Å²) in [5.41, 5.74) is 1.05. The Kier molecular flexibility index (Phi) is 4.09. The molecule has 6 nitrogen and oxygen atoms in total. The van der Waals surface area contributed by atoms with E-state index in [0.717, 1.165) is 19.3 Å². The van der Waals surface area contributed by atoms with Gasteiger partial charge < -0.3 is 16.0 Å². The molecule has 1 aromatic rings. The fourth-order valence-electron chi connectivity index (χ4n) is 2.48. The number of carbonyl (C=O) groups excluding carboxylic acids is 3. The van der Waals surface area contributed by atoms with Crippen LogP contribution in [0.4, 0.5) is 5.69 Å². The summed E-state index contributed by atoms with van der Waals surface area (Å²) < 4.78 is 0. The first-order chi connectivity index (χ1) is 10.6. The molecule has 1 saturated carbocycles. The lowest BCUT2D eigenvalue weighted by Crippen LogP contribution is -2.50. The van der Waals surface area contributed by atoms with E-state index in [1.54, 1.807) is 24.3 Å². The minimum Gasteiger partial charge on any atom is -0.354 e. The summed E-state index contributed by atoms with van der Waals surface area (Å²) in [7, 11) is 0. The van der Waals surface area contributed by atoms with Gasteiger partial charge in [0.25, 0.3) is 5.91 Å². The van der Waals surface area contributed by atoms with Crippen LogP contribution in [0.2, 0.25) is 0 Å². The van der Waals surface area contributed by atoms with E-state index < -0.39 is 6.04 Å². The maximum absolute atomic E-state index is 12.2. The monoisotopic (exact) mass is 301 g/mol. The Hall–Kier alpha value is -2.37. The fraction of sp³-hybridized carbons (Fsp3) is 0.438. The summed E-state index contributed by atoms with van der Waals surface area (Å²) in [6.45, 7) is 0.661. The topological polar surface area (TPSA) is 87.3 Å². The Morgan fingerprint density at radius 3 is 2.73 bits per heavy atom. The van der Waals surface area contributed by atoms with E-state index in [9.17, 15) is 14.4 Å². The van der Waals surface area contributed by atoms with Crippen molar-refractivity contribution in [3.05, 3.63) is 29.8 Å². The van der Waals surface area contributed by atoms with E-state index in [-0.39, 0.29) is 23.6 Å². The van der Waals surface area contributed by atoms with E-state index in [4.69, 9.17) is 0 Å². The molecule has 116 valence electrons. The maximum atomic E-state index is 12.2. The van der Waals surface area contributed by atoms with E-state index in [1.807, 2.05) is 0 Å². The van der Waals surface area contributed by atoms with E-state index in [2.05, 4.69) is 16.0 Å². The van der Waals surface area contributed by atoms with Gasteiger partial charge in [-0.25, -0.2) is 0 Å². The predicted molar refractivity (Wildman–Crippen MR) is 81.3 cm³/mol. The zero-order valence-electron chi connectivity index (χ0n) is 12.2. The van der Waals surface area contributed by atoms with Crippen LogP contribution in [-0.4, -0.2) is 30.3 Å². The summed E-state index contributed by atoms with van der Waals surface area (Å²) in [6, 6.07) is 6.30. The van der Waals surface area contributed by atoms with E-state index in [0.29, 0.717) is 24.2 Å². The third-order valence-electron chi connectivity index (χ3n) is 3.93. The predicted octanol–water partition coefficient (Wildman–Crippen LogP) is 1.04. The van der Waals surface area contributed by atoms with Gasteiger partial charge in [-0.1, -0.05) is 6.07 Å². The van der Waals surface area contributed by atoms with Crippen LogP contribution >= 0.6 is 0 Å². The summed E-state index contributed by atoms with van der Waals surface area (Å²) in [5.74, 6) is -0.324. The second kappa shape index (κ2) is 6.17. The summed E-state index contributed by atoms with van der Waals surface area (Å²) in [6.07, 6.45) is 3.37. The Labute approximate surface area is 128 Å². The Morgan fingerprint density at radius 2 is 2.00 bits per heavy atom. The number of rotatable bonds is 4. The molecule has 1 atom stereocenters. The van der Waals surface area contributed by atoms with Crippen LogP contribution in [0.1, 0.15) is 36.0 Å². The summed E-state index contributed by atoms with van der Waals surface area (Å²) in [5, 5.41) is 8.29. The highest BCUT2D eigenvalue weighted by Gasteiger charge is 2.29. The number of carbonyl (C=O) groups is 3. The minimum absolute atomic E-state index is 0.00390. The standard InChI is InChI=1S/C16H19N3O3/c20-14(10-6-7-10)18-12-4-1-3-11(9-12)15(21)19-13-5-2-8-17-16(13)22/h1,3-4,9-10,13H,2,5-8H2,(H,17,22)(H,18,20)(H,19,21)/t13-/m1/s1. The Morgan fingerprint density at radius 1 is 1.18 bits per heavy atom. The van der Waals surface area contributed by atoms with Crippen LogP contribution < -0.4 is 16.0 Å². The Bertz CT molecular complexity index is 610. The number of amides is 3. The quantitative estimate of drug-likeness (QED) is 0.776. The van der Waals surface area contributed by atoms with Gasteiger partial charge >= 0.3 is 0 Å². The summed E-state index contributed by atoms with van der Waals surface area (Å²) in [4.78, 5) is 35.7. The van der Waals surface area contributed by atoms with E-state index >= 15 is 0 Å². The molecule has 0 unspecified atom stereocenters. The van der Waals surface area contributed by atoms with Crippen LogP contribution in [0, 0.1) is 5.92 Å². The number of benzene rings is 1. The van der Waals surface area contributed by atoms with Gasteiger partial charge in [0.15, 0.2) is 0 Å². The SMILES string of the molecule is O=C(N[C@@H]1CCCNC1=O)c1cccc(NC(=O)C2CC2)c1. The van der Waals surface area contributed by atoms with Crippen molar-refractivity contribution in [1.29, 1.82) is 0 Å². The second-order valence-corrected chi connectivity index (χ2v) is 5.80. The first-order valence-electron chi connectivity index (χ1n) is 7.63. The van der Waals surface area contributed by atoms with Gasteiger partial charge in [-0.15, -0.1) is 0 Å². The van der Waals surface area contributed by atoms with Crippen molar-refractivity contribution in [1.82, 2.24) is 10.6 Å². The van der Waals surface area contributed by atoms with Crippen molar-refractivity contribution in [3.8, 4) is 0 Å². The largest absolute Gasteiger partial charge is 0.354 e. The molecule has 0 aromatic heterocycles. The van der Waals surface area contributed by atoms with Crippen molar-refractivity contribution in [2.75, 3.05) is 11.9 Å². The molecule has 22 heavy (non-hydrogen) atoms. The molecule has 2 aliphatic rings. The molecule has 0 bridgehead atoms. The van der Waals surface area contributed by atoms with Gasteiger partial charge in [0, 0.05) is 23.7 Å². The van der Waals surface area contributed by atoms with Gasteiger partial charge in [0.2, 0.25) is 11.8 Å². The fourth-order valence-corrected chi connectivity index (χ4v) is 2.48. The molecule has 1 saturated heterocycles. The second-order valence-electron chi connectivity index (χ2n) is 5.80. The highest BCUT2D eigenvalue weighted by molar-refractivity contribution is 6.00. The lowest BCUT2D eigenvalue weighted by Gasteiger charge is -2.22. The Balaban J connectivity index is 1.64. The molecule has 3 rings (SSSR count). The van der Waals surface area contributed by atoms with Crippen molar-refractivity contribution in [2.24, 2.45) is 5.92 Å². The van der Waals surface area contributed by atoms with E-state index in [1.165, 1.54) is 0 Å². The molecule has 2 fully saturated rings. The molecule has 3 N–H and O–H groups in total. The molecular formula is C16H19N3O3. The van der Waals surface area contributed by atoms with Crippen LogP contribution in [0.25, 0.3) is 0 Å². The molecular weight excluding hydrogens is 282 g/mol. The van der Waals surface area contributed by atoms with Gasteiger partial charge in [-0.05, 0) is 43.9 Å². The zero-order valence-corrected chi connectivity index (χ0v) is 12.2. The van der Waals surface area contributed by atoms with Crippen LogP contribution in [0.3, 0.4) is 0 Å². The van der Waals surface area contributed by atoms with Crippen LogP contribution in [-0.2, 0) is 9.59 Å². The lowest BCUT2D eigenvalue weighted by atomic mass is 10.1. The van der Waals surface area contributed by atoms with Gasteiger partial charge in [0.1, 0.15) is 6.04 Å². The molecule has 0 spiro atoms. The molecule has 0 radical (unpaired) electrons. The highest BCUT2D eigenvalue weighted by Crippen LogP contribution is 2.30. The number of anilines is 1. The van der Waals surface area contributed by atoms with Crippen molar-refractivity contribution in [2.45, 2.75) is 31.7 Å². The average molecular weight is 301 g/mol. The van der Waals surface area contributed by atoms with Crippen molar-refractivity contribution < 1.29 is 14.4 Å². The highest BCUT2D eigenvalue weighted by atomic mass is 16.2. The first-order valence-corrected chi connectivity index (χ1v) is 7.63. The number of nitrogens with one attached hydrogen (secondary N) is 3. The average Bonchev–Trinajstić information content (AvgIpc) is 3.34. The van der Waals surface area contributed by atoms with Gasteiger partial charge in [-0.2, -0.15) is 0 Å². The van der Waals surface area contributed by atoms with Crippen LogP contribution in [0.15, 0.2) is 24.3 Å². The minimum atomic E-state index is -0.481. The number of hydrogen-bond acceptors (Lipinski definition) is 3. The molecule has 3 amide bonds. The molecule has 1 aromatic carbocycles. The smallest absolute Gasteiger partial charge is 0.252 e. The third kappa shape index (κ3) is 3.44. The number of hydrogen-bond donors (Lipinski definition) is 3. The van der Waals surface area contributed by atoms with Gasteiger partial charge in [0.05, 0.1) is 0 Å². The maximum Gasteiger partial charge on any atom is 0.252 e. The molecule has 1 aliphatic heterocycles. The normalized spacial score (nSPS) is 20.9. The third-order valence-corrected chi connectivity index (χ3v) is 3.93. The molecule has 1 heterocycles. The molecule has 1 aliphatic carbocycles. The van der Waals surface area contributed by atoms with Crippen LogP contribution in [0.5, 0.6) is 0 Å². The van der Waals surface area contributed by atoms with Crippen molar-refractivity contribution >= 4 is 23.4 Å².